The van der Waals surface area contributed by atoms with E-state index in [0.29, 0.717) is 18.0 Å². The highest BCUT2D eigenvalue weighted by atomic mass is 32.1. The van der Waals surface area contributed by atoms with Crippen LogP contribution in [0.25, 0.3) is 0 Å². The summed E-state index contributed by atoms with van der Waals surface area (Å²) in [6.45, 7) is 2.04. The fourth-order valence-corrected chi connectivity index (χ4v) is 4.96. The predicted octanol–water partition coefficient (Wildman–Crippen LogP) is 2.60. The zero-order chi connectivity index (χ0) is 23.1. The summed E-state index contributed by atoms with van der Waals surface area (Å²) in [5.74, 6) is -1.65. The van der Waals surface area contributed by atoms with E-state index in [0.717, 1.165) is 16.2 Å². The van der Waals surface area contributed by atoms with E-state index >= 15 is 0 Å². The summed E-state index contributed by atoms with van der Waals surface area (Å²) in [5.41, 5.74) is 2.48. The number of aryl methyl sites for hydroxylation is 1. The normalized spacial score (nSPS) is 17.6. The van der Waals surface area contributed by atoms with Gasteiger partial charge < -0.3 is 4.90 Å². The van der Waals surface area contributed by atoms with E-state index in [1.165, 1.54) is 11.3 Å². The third-order valence-electron chi connectivity index (χ3n) is 5.75. The molecular formula is C23H19N5O4S. The van der Waals surface area contributed by atoms with Gasteiger partial charge in [0.25, 0.3) is 11.8 Å². The number of anilines is 2. The molecule has 0 radical (unpaired) electrons. The summed E-state index contributed by atoms with van der Waals surface area (Å²) in [4.78, 5) is 52.6. The standard InChI is InChI=1S/C23H19N5O4S/c1-13-6-2-5-9-17(13)27-11-14(10-19(27)30)20-25-26-23(33-20)24-18(29)12-28-21(31)15-7-3-4-8-16(15)22(28)32/h2-9,14H,10-12H2,1H3,(H,24,26,29)/t14-/m0/s1. The first-order valence-corrected chi connectivity index (χ1v) is 11.2. The molecule has 4 amide bonds. The van der Waals surface area contributed by atoms with Crippen LogP contribution in [0.3, 0.4) is 0 Å². The molecule has 1 fully saturated rings. The second-order valence-electron chi connectivity index (χ2n) is 7.93. The zero-order valence-corrected chi connectivity index (χ0v) is 18.5. The molecule has 0 unspecified atom stereocenters. The van der Waals surface area contributed by atoms with Crippen LogP contribution in [0.1, 0.15) is 43.6 Å². The van der Waals surface area contributed by atoms with Gasteiger partial charge in [0.05, 0.1) is 11.1 Å². The van der Waals surface area contributed by atoms with Crippen molar-refractivity contribution in [3.63, 3.8) is 0 Å². The van der Waals surface area contributed by atoms with Crippen molar-refractivity contribution < 1.29 is 19.2 Å². The maximum absolute atomic E-state index is 12.6. The summed E-state index contributed by atoms with van der Waals surface area (Å²) >= 11 is 1.19. The Morgan fingerprint density at radius 2 is 1.70 bits per heavy atom. The van der Waals surface area contributed by atoms with Crippen LogP contribution in [-0.4, -0.2) is 51.8 Å². The summed E-state index contributed by atoms with van der Waals surface area (Å²) in [5, 5.41) is 11.7. The molecule has 0 spiro atoms. The molecule has 0 bridgehead atoms. The number of imide groups is 1. The highest BCUT2D eigenvalue weighted by molar-refractivity contribution is 7.15. The topological polar surface area (TPSA) is 113 Å². The van der Waals surface area contributed by atoms with Gasteiger partial charge in [-0.2, -0.15) is 0 Å². The molecule has 0 saturated carbocycles. The average molecular weight is 462 g/mol. The van der Waals surface area contributed by atoms with Crippen molar-refractivity contribution in [2.24, 2.45) is 0 Å². The molecule has 2 aliphatic rings. The molecule has 1 saturated heterocycles. The number of hydrogen-bond donors (Lipinski definition) is 1. The van der Waals surface area contributed by atoms with Gasteiger partial charge in [0, 0.05) is 24.6 Å². The minimum atomic E-state index is -0.545. The van der Waals surface area contributed by atoms with E-state index in [2.05, 4.69) is 15.5 Å². The lowest BCUT2D eigenvalue weighted by Gasteiger charge is -2.18. The largest absolute Gasteiger partial charge is 0.311 e. The van der Waals surface area contributed by atoms with Gasteiger partial charge in [-0.15, -0.1) is 10.2 Å². The van der Waals surface area contributed by atoms with E-state index in [9.17, 15) is 19.2 Å². The lowest BCUT2D eigenvalue weighted by Crippen LogP contribution is -2.37. The van der Waals surface area contributed by atoms with Gasteiger partial charge in [-0.1, -0.05) is 41.7 Å². The van der Waals surface area contributed by atoms with Gasteiger partial charge in [-0.05, 0) is 30.7 Å². The number of nitrogens with one attached hydrogen (secondary N) is 1. The Bertz CT molecular complexity index is 1270. The first kappa shape index (κ1) is 21.0. The number of benzene rings is 2. The zero-order valence-electron chi connectivity index (χ0n) is 17.6. The molecule has 5 rings (SSSR count). The van der Waals surface area contributed by atoms with Crippen molar-refractivity contribution >= 4 is 45.8 Å². The van der Waals surface area contributed by atoms with Gasteiger partial charge in [-0.3, -0.25) is 29.4 Å². The minimum Gasteiger partial charge on any atom is -0.311 e. The molecule has 10 heteroatoms. The van der Waals surface area contributed by atoms with E-state index in [1.54, 1.807) is 29.2 Å². The van der Waals surface area contributed by atoms with Gasteiger partial charge >= 0.3 is 0 Å². The first-order chi connectivity index (χ1) is 15.9. The summed E-state index contributed by atoms with van der Waals surface area (Å²) in [7, 11) is 0. The quantitative estimate of drug-likeness (QED) is 0.585. The predicted molar refractivity (Wildman–Crippen MR) is 121 cm³/mol. The average Bonchev–Trinajstić information content (AvgIpc) is 3.48. The number of fused-ring (bicyclic) bond motifs is 1. The van der Waals surface area contributed by atoms with Crippen molar-refractivity contribution in [1.29, 1.82) is 0 Å². The molecule has 166 valence electrons. The molecule has 0 aliphatic carbocycles. The van der Waals surface area contributed by atoms with Crippen molar-refractivity contribution in [3.05, 3.63) is 70.2 Å². The highest BCUT2D eigenvalue weighted by Gasteiger charge is 2.37. The van der Waals surface area contributed by atoms with Crippen LogP contribution in [-0.2, 0) is 9.59 Å². The fraction of sp³-hybridized carbons (Fsp3) is 0.217. The summed E-state index contributed by atoms with van der Waals surface area (Å²) in [6, 6.07) is 14.2. The van der Waals surface area contributed by atoms with Crippen LogP contribution in [0, 0.1) is 6.92 Å². The Labute approximate surface area is 193 Å². The van der Waals surface area contributed by atoms with Gasteiger partial charge in [-0.25, -0.2) is 0 Å². The molecule has 1 atom stereocenters. The van der Waals surface area contributed by atoms with E-state index in [1.807, 2.05) is 31.2 Å². The number of rotatable bonds is 5. The maximum Gasteiger partial charge on any atom is 0.262 e. The Hall–Kier alpha value is -3.92. The molecular weight excluding hydrogens is 442 g/mol. The lowest BCUT2D eigenvalue weighted by molar-refractivity contribution is -0.117. The number of aromatic nitrogens is 2. The minimum absolute atomic E-state index is 0.0145. The van der Waals surface area contributed by atoms with Crippen LogP contribution in [0.5, 0.6) is 0 Å². The smallest absolute Gasteiger partial charge is 0.262 e. The second-order valence-corrected chi connectivity index (χ2v) is 8.94. The Balaban J connectivity index is 1.23. The Morgan fingerprint density at radius 1 is 1.03 bits per heavy atom. The monoisotopic (exact) mass is 461 g/mol. The fourth-order valence-electron chi connectivity index (χ4n) is 4.11. The Morgan fingerprint density at radius 3 is 2.39 bits per heavy atom. The van der Waals surface area contributed by atoms with E-state index in [4.69, 9.17) is 0 Å². The SMILES string of the molecule is Cc1ccccc1N1C[C@@H](c2nnc(NC(=O)CN3C(=O)c4ccccc4C3=O)s2)CC1=O. The molecule has 3 aromatic rings. The number of amides is 4. The van der Waals surface area contributed by atoms with Crippen LogP contribution in [0.2, 0.25) is 0 Å². The lowest BCUT2D eigenvalue weighted by atomic mass is 10.1. The molecule has 1 N–H and O–H groups in total. The first-order valence-electron chi connectivity index (χ1n) is 10.4. The number of hydrogen-bond acceptors (Lipinski definition) is 7. The number of carbonyl (C=O) groups is 4. The summed E-state index contributed by atoms with van der Waals surface area (Å²) < 4.78 is 0. The van der Waals surface area contributed by atoms with Crippen molar-refractivity contribution in [2.45, 2.75) is 19.3 Å². The number of nitrogens with zero attached hydrogens (tertiary/aromatic N) is 4. The maximum atomic E-state index is 12.6. The van der Waals surface area contributed by atoms with Gasteiger partial charge in [0.15, 0.2) is 0 Å². The van der Waals surface area contributed by atoms with E-state index < -0.39 is 24.3 Å². The third kappa shape index (κ3) is 3.78. The van der Waals surface area contributed by atoms with Crippen LogP contribution < -0.4 is 10.2 Å². The summed E-state index contributed by atoms with van der Waals surface area (Å²) in [6.07, 6.45) is 0.311. The van der Waals surface area contributed by atoms with Crippen LogP contribution in [0.15, 0.2) is 48.5 Å². The van der Waals surface area contributed by atoms with E-state index in [-0.39, 0.29) is 28.1 Å². The van der Waals surface area contributed by atoms with Crippen LogP contribution in [0.4, 0.5) is 10.8 Å². The molecule has 9 nitrogen and oxygen atoms in total. The molecule has 2 aromatic carbocycles. The van der Waals surface area contributed by atoms with Gasteiger partial charge in [0.1, 0.15) is 11.6 Å². The van der Waals surface area contributed by atoms with Gasteiger partial charge in [0.2, 0.25) is 16.9 Å². The third-order valence-corrected chi connectivity index (χ3v) is 6.75. The van der Waals surface area contributed by atoms with Crippen molar-refractivity contribution in [2.75, 3.05) is 23.3 Å². The molecule has 33 heavy (non-hydrogen) atoms. The highest BCUT2D eigenvalue weighted by Crippen LogP contribution is 2.35. The molecule has 2 aliphatic heterocycles. The molecule has 1 aromatic heterocycles. The van der Waals surface area contributed by atoms with Crippen LogP contribution >= 0.6 is 11.3 Å². The van der Waals surface area contributed by atoms with Crippen molar-refractivity contribution in [1.82, 2.24) is 15.1 Å². The number of carbonyl (C=O) groups excluding carboxylic acids is 4. The molecule has 3 heterocycles. The number of para-hydroxylation sites is 1. The Kier molecular flexibility index (Phi) is 5.21. The van der Waals surface area contributed by atoms with Crippen molar-refractivity contribution in [3.8, 4) is 0 Å². The second kappa shape index (κ2) is 8.21.